The molecule has 1 fully saturated rings. The van der Waals surface area contributed by atoms with E-state index in [4.69, 9.17) is 9.84 Å². The zero-order valence-corrected chi connectivity index (χ0v) is 10.8. The van der Waals surface area contributed by atoms with E-state index in [0.29, 0.717) is 16.7 Å². The molecule has 0 atom stereocenters. The summed E-state index contributed by atoms with van der Waals surface area (Å²) >= 11 is 0. The Morgan fingerprint density at radius 3 is 2.85 bits per heavy atom. The lowest BCUT2D eigenvalue weighted by atomic mass is 10.2. The average molecular weight is 274 g/mol. The van der Waals surface area contributed by atoms with Crippen molar-refractivity contribution in [2.24, 2.45) is 0 Å². The second-order valence-electron chi connectivity index (χ2n) is 4.84. The predicted molar refractivity (Wildman–Crippen MR) is 71.6 cm³/mol. The summed E-state index contributed by atoms with van der Waals surface area (Å²) in [7, 11) is 0. The summed E-state index contributed by atoms with van der Waals surface area (Å²) in [4.78, 5) is 27.4. The first-order chi connectivity index (χ1) is 9.66. The smallest absolute Gasteiger partial charge is 0.329 e. The van der Waals surface area contributed by atoms with Gasteiger partial charge in [-0.25, -0.2) is 9.78 Å². The molecule has 1 heterocycles. The van der Waals surface area contributed by atoms with Gasteiger partial charge < -0.3 is 9.84 Å². The van der Waals surface area contributed by atoms with Gasteiger partial charge in [-0.1, -0.05) is 12.1 Å². The molecular formula is C14H14N2O4. The topological polar surface area (TPSA) is 81.4 Å². The highest BCUT2D eigenvalue weighted by molar-refractivity contribution is 5.77. The van der Waals surface area contributed by atoms with Crippen molar-refractivity contribution in [3.8, 4) is 0 Å². The summed E-state index contributed by atoms with van der Waals surface area (Å²) in [6, 6.07) is 7.32. The minimum Gasteiger partial charge on any atom is -0.480 e. The fraction of sp³-hybridized carbons (Fsp3) is 0.357. The molecule has 6 nitrogen and oxygen atoms in total. The van der Waals surface area contributed by atoms with Crippen molar-refractivity contribution >= 4 is 16.9 Å². The van der Waals surface area contributed by atoms with Crippen molar-refractivity contribution in [1.82, 2.24) is 9.55 Å². The van der Waals surface area contributed by atoms with Crippen molar-refractivity contribution < 1.29 is 14.6 Å². The molecule has 2 aromatic rings. The summed E-state index contributed by atoms with van der Waals surface area (Å²) in [6.07, 6.45) is 1.90. The maximum absolute atomic E-state index is 12.5. The fourth-order valence-corrected chi connectivity index (χ4v) is 2.23. The maximum atomic E-state index is 12.5. The lowest BCUT2D eigenvalue weighted by Gasteiger charge is -2.12. The number of carboxylic acids is 1. The molecule has 0 bridgehead atoms. The molecule has 1 N–H and O–H groups in total. The van der Waals surface area contributed by atoms with Gasteiger partial charge in [0.05, 0.1) is 10.9 Å². The van der Waals surface area contributed by atoms with E-state index >= 15 is 0 Å². The van der Waals surface area contributed by atoms with Gasteiger partial charge in [0.25, 0.3) is 5.56 Å². The average Bonchev–Trinajstić information content (AvgIpc) is 3.23. The number of rotatable bonds is 5. The van der Waals surface area contributed by atoms with E-state index in [0.717, 1.165) is 12.8 Å². The number of hydrogen-bond donors (Lipinski definition) is 1. The molecule has 104 valence electrons. The molecule has 1 aliphatic rings. The van der Waals surface area contributed by atoms with E-state index in [1.807, 2.05) is 12.1 Å². The quantitative estimate of drug-likeness (QED) is 0.889. The molecule has 0 saturated heterocycles. The van der Waals surface area contributed by atoms with E-state index in [1.54, 1.807) is 16.7 Å². The summed E-state index contributed by atoms with van der Waals surface area (Å²) in [5.74, 6) is -0.538. The Labute approximate surface area is 114 Å². The second kappa shape index (κ2) is 5.05. The zero-order chi connectivity index (χ0) is 14.1. The summed E-state index contributed by atoms with van der Waals surface area (Å²) in [5, 5.41) is 9.18. The summed E-state index contributed by atoms with van der Waals surface area (Å²) in [5.41, 5.74) is 0.537. The Morgan fingerprint density at radius 2 is 2.15 bits per heavy atom. The minimum atomic E-state index is -1.04. The molecule has 6 heteroatoms. The van der Waals surface area contributed by atoms with E-state index < -0.39 is 12.6 Å². The first kappa shape index (κ1) is 12.8. The Kier molecular flexibility index (Phi) is 3.23. The van der Waals surface area contributed by atoms with E-state index in [1.165, 1.54) is 0 Å². The number of ether oxygens (including phenoxy) is 1. The van der Waals surface area contributed by atoms with E-state index in [-0.39, 0.29) is 18.2 Å². The van der Waals surface area contributed by atoms with Crippen LogP contribution < -0.4 is 5.56 Å². The van der Waals surface area contributed by atoms with Crippen molar-refractivity contribution in [3.05, 3.63) is 40.4 Å². The molecule has 0 radical (unpaired) electrons. The molecule has 0 amide bonds. The Bertz CT molecular complexity index is 719. The van der Waals surface area contributed by atoms with Crippen LogP contribution in [-0.4, -0.2) is 27.2 Å². The number of fused-ring (bicyclic) bond motifs is 1. The summed E-state index contributed by atoms with van der Waals surface area (Å²) < 4.78 is 6.72. The standard InChI is InChI=1S/C14H14N2O4/c17-13(18)8-20-7-12-15-11-4-2-1-3-10(11)14(19)16(12)9-5-6-9/h1-4,9H,5-8H2,(H,17,18). The largest absolute Gasteiger partial charge is 0.480 e. The number of carboxylic acid groups (broad SMARTS) is 1. The van der Waals surface area contributed by atoms with Crippen LogP contribution in [0.25, 0.3) is 10.9 Å². The van der Waals surface area contributed by atoms with Gasteiger partial charge in [-0.3, -0.25) is 9.36 Å². The van der Waals surface area contributed by atoms with Crippen LogP contribution in [0.1, 0.15) is 24.7 Å². The number of benzene rings is 1. The minimum absolute atomic E-state index is 0.0306. The number of hydrogen-bond acceptors (Lipinski definition) is 4. The molecule has 0 spiro atoms. The third-order valence-electron chi connectivity index (χ3n) is 3.25. The molecule has 1 saturated carbocycles. The third kappa shape index (κ3) is 2.42. The molecule has 1 aliphatic carbocycles. The number of nitrogens with zero attached hydrogens (tertiary/aromatic N) is 2. The highest BCUT2D eigenvalue weighted by atomic mass is 16.5. The van der Waals surface area contributed by atoms with Gasteiger partial charge in [0, 0.05) is 6.04 Å². The Morgan fingerprint density at radius 1 is 1.40 bits per heavy atom. The lowest BCUT2D eigenvalue weighted by Crippen LogP contribution is -2.25. The van der Waals surface area contributed by atoms with Gasteiger partial charge in [-0.05, 0) is 25.0 Å². The van der Waals surface area contributed by atoms with Crippen molar-refractivity contribution in [2.75, 3.05) is 6.61 Å². The first-order valence-corrected chi connectivity index (χ1v) is 6.46. The van der Waals surface area contributed by atoms with Gasteiger partial charge >= 0.3 is 5.97 Å². The zero-order valence-electron chi connectivity index (χ0n) is 10.8. The van der Waals surface area contributed by atoms with Crippen LogP contribution in [0.5, 0.6) is 0 Å². The highest BCUT2D eigenvalue weighted by Crippen LogP contribution is 2.34. The van der Waals surface area contributed by atoms with Gasteiger partial charge in [0.15, 0.2) is 0 Å². The van der Waals surface area contributed by atoms with Crippen LogP contribution in [0, 0.1) is 0 Å². The summed E-state index contributed by atoms with van der Waals surface area (Å²) in [6.45, 7) is -0.365. The van der Waals surface area contributed by atoms with Crippen molar-refractivity contribution in [3.63, 3.8) is 0 Å². The van der Waals surface area contributed by atoms with Crippen molar-refractivity contribution in [1.29, 1.82) is 0 Å². The van der Waals surface area contributed by atoms with E-state index in [9.17, 15) is 9.59 Å². The van der Waals surface area contributed by atoms with Crippen molar-refractivity contribution in [2.45, 2.75) is 25.5 Å². The molecule has 3 rings (SSSR count). The number of aromatic nitrogens is 2. The highest BCUT2D eigenvalue weighted by Gasteiger charge is 2.28. The Hall–Kier alpha value is -2.21. The first-order valence-electron chi connectivity index (χ1n) is 6.46. The van der Waals surface area contributed by atoms with Gasteiger partial charge in [-0.2, -0.15) is 0 Å². The Balaban J connectivity index is 2.02. The molecule has 0 unspecified atom stereocenters. The van der Waals surface area contributed by atoms with Crippen LogP contribution in [0.3, 0.4) is 0 Å². The van der Waals surface area contributed by atoms with Gasteiger partial charge in [0.1, 0.15) is 19.0 Å². The second-order valence-corrected chi connectivity index (χ2v) is 4.84. The van der Waals surface area contributed by atoms with E-state index in [2.05, 4.69) is 4.98 Å². The van der Waals surface area contributed by atoms with Gasteiger partial charge in [-0.15, -0.1) is 0 Å². The maximum Gasteiger partial charge on any atom is 0.329 e. The molecular weight excluding hydrogens is 260 g/mol. The number of para-hydroxylation sites is 1. The van der Waals surface area contributed by atoms with Crippen LogP contribution in [-0.2, 0) is 16.1 Å². The number of aliphatic carboxylic acids is 1. The molecule has 0 aliphatic heterocycles. The molecule has 1 aromatic carbocycles. The molecule has 20 heavy (non-hydrogen) atoms. The molecule has 1 aromatic heterocycles. The lowest BCUT2D eigenvalue weighted by molar-refractivity contribution is -0.142. The normalized spacial score (nSPS) is 14.6. The van der Waals surface area contributed by atoms with Crippen LogP contribution >= 0.6 is 0 Å². The van der Waals surface area contributed by atoms with Gasteiger partial charge in [0.2, 0.25) is 0 Å². The van der Waals surface area contributed by atoms with Crippen LogP contribution in [0.2, 0.25) is 0 Å². The predicted octanol–water partition coefficient (Wildman–Crippen LogP) is 1.33. The number of carbonyl (C=O) groups is 1. The fourth-order valence-electron chi connectivity index (χ4n) is 2.23. The van der Waals surface area contributed by atoms with Crippen LogP contribution in [0.15, 0.2) is 29.1 Å². The third-order valence-corrected chi connectivity index (χ3v) is 3.25. The van der Waals surface area contributed by atoms with Crippen LogP contribution in [0.4, 0.5) is 0 Å². The monoisotopic (exact) mass is 274 g/mol. The SMILES string of the molecule is O=C(O)COCc1nc2ccccc2c(=O)n1C1CC1.